The average Bonchev–Trinajstić information content (AvgIpc) is 2.92. The van der Waals surface area contributed by atoms with Crippen molar-refractivity contribution in [2.75, 3.05) is 26.2 Å². The zero-order valence-electron chi connectivity index (χ0n) is 9.47. The average molecular weight is 196 g/mol. The second kappa shape index (κ2) is 5.13. The van der Waals surface area contributed by atoms with Gasteiger partial charge in [0.2, 0.25) is 0 Å². The predicted molar refractivity (Wildman–Crippen MR) is 60.5 cm³/mol. The van der Waals surface area contributed by atoms with Crippen LogP contribution in [0.2, 0.25) is 0 Å². The summed E-state index contributed by atoms with van der Waals surface area (Å²) >= 11 is 0. The minimum Gasteiger partial charge on any atom is -0.315 e. The van der Waals surface area contributed by atoms with Gasteiger partial charge < -0.3 is 5.32 Å². The van der Waals surface area contributed by atoms with Gasteiger partial charge in [0.25, 0.3) is 0 Å². The van der Waals surface area contributed by atoms with Crippen molar-refractivity contribution in [3.05, 3.63) is 0 Å². The maximum atomic E-state index is 3.48. The fourth-order valence-electron chi connectivity index (χ4n) is 2.49. The highest BCUT2D eigenvalue weighted by atomic mass is 15.2. The largest absolute Gasteiger partial charge is 0.315 e. The van der Waals surface area contributed by atoms with Gasteiger partial charge in [-0.25, -0.2) is 0 Å². The highest BCUT2D eigenvalue weighted by Crippen LogP contribution is 2.33. The Morgan fingerprint density at radius 1 is 1.29 bits per heavy atom. The first-order valence-electron chi connectivity index (χ1n) is 6.35. The Morgan fingerprint density at radius 3 is 2.86 bits per heavy atom. The number of likely N-dealkylation sites (tertiary alicyclic amines) is 1. The van der Waals surface area contributed by atoms with Gasteiger partial charge in [0.15, 0.2) is 0 Å². The lowest BCUT2D eigenvalue weighted by Gasteiger charge is -2.24. The molecule has 1 unspecified atom stereocenters. The fourth-order valence-corrected chi connectivity index (χ4v) is 2.49. The zero-order valence-corrected chi connectivity index (χ0v) is 9.47. The van der Waals surface area contributed by atoms with Gasteiger partial charge >= 0.3 is 0 Å². The monoisotopic (exact) mass is 196 g/mol. The summed E-state index contributed by atoms with van der Waals surface area (Å²) < 4.78 is 0. The van der Waals surface area contributed by atoms with Gasteiger partial charge in [-0.2, -0.15) is 0 Å². The van der Waals surface area contributed by atoms with Gasteiger partial charge in [-0.15, -0.1) is 0 Å². The van der Waals surface area contributed by atoms with E-state index in [0.717, 1.165) is 18.5 Å². The minimum absolute atomic E-state index is 0.841. The van der Waals surface area contributed by atoms with Crippen LogP contribution < -0.4 is 5.32 Å². The molecule has 1 atom stereocenters. The van der Waals surface area contributed by atoms with Crippen molar-refractivity contribution in [2.45, 2.75) is 45.1 Å². The SMILES string of the molecule is CCNCC1CCCN1CCC1CC1. The highest BCUT2D eigenvalue weighted by molar-refractivity contribution is 4.83. The van der Waals surface area contributed by atoms with Crippen LogP contribution in [0.15, 0.2) is 0 Å². The molecule has 2 fully saturated rings. The molecular formula is C12H24N2. The van der Waals surface area contributed by atoms with E-state index in [1.165, 1.54) is 51.7 Å². The second-order valence-corrected chi connectivity index (χ2v) is 4.87. The van der Waals surface area contributed by atoms with Crippen molar-refractivity contribution < 1.29 is 0 Å². The van der Waals surface area contributed by atoms with Gasteiger partial charge in [0.05, 0.1) is 0 Å². The molecule has 0 spiro atoms. The molecule has 2 nitrogen and oxygen atoms in total. The Morgan fingerprint density at radius 2 is 2.14 bits per heavy atom. The number of likely N-dealkylation sites (N-methyl/N-ethyl adjacent to an activating group) is 1. The third kappa shape index (κ3) is 2.96. The lowest BCUT2D eigenvalue weighted by atomic mass is 10.2. The maximum absolute atomic E-state index is 3.48. The van der Waals surface area contributed by atoms with E-state index in [0.29, 0.717) is 0 Å². The van der Waals surface area contributed by atoms with Crippen LogP contribution in [0.25, 0.3) is 0 Å². The van der Waals surface area contributed by atoms with E-state index in [4.69, 9.17) is 0 Å². The third-order valence-corrected chi connectivity index (χ3v) is 3.65. The van der Waals surface area contributed by atoms with Crippen molar-refractivity contribution in [3.63, 3.8) is 0 Å². The molecule has 1 aliphatic carbocycles. The Bertz CT molecular complexity index is 166. The first kappa shape index (κ1) is 10.4. The molecule has 2 rings (SSSR count). The quantitative estimate of drug-likeness (QED) is 0.697. The van der Waals surface area contributed by atoms with Crippen molar-refractivity contribution in [1.29, 1.82) is 0 Å². The number of hydrogen-bond acceptors (Lipinski definition) is 2. The van der Waals surface area contributed by atoms with Crippen LogP contribution in [-0.4, -0.2) is 37.1 Å². The summed E-state index contributed by atoms with van der Waals surface area (Å²) in [7, 11) is 0. The molecule has 1 heterocycles. The van der Waals surface area contributed by atoms with Gasteiger partial charge in [0, 0.05) is 12.6 Å². The Balaban J connectivity index is 1.66. The topological polar surface area (TPSA) is 15.3 Å². The molecule has 2 heteroatoms. The standard InChI is InChI=1S/C12H24N2/c1-2-13-10-12-4-3-8-14(12)9-7-11-5-6-11/h11-13H,2-10H2,1H3. The molecule has 2 aliphatic rings. The van der Waals surface area contributed by atoms with Gasteiger partial charge in [-0.3, -0.25) is 4.90 Å². The number of hydrogen-bond donors (Lipinski definition) is 1. The molecule has 1 N–H and O–H groups in total. The lowest BCUT2D eigenvalue weighted by Crippen LogP contribution is -2.38. The van der Waals surface area contributed by atoms with Crippen LogP contribution in [0, 0.1) is 5.92 Å². The molecule has 82 valence electrons. The molecule has 0 aromatic rings. The predicted octanol–water partition coefficient (Wildman–Crippen LogP) is 1.86. The van der Waals surface area contributed by atoms with Gasteiger partial charge in [-0.05, 0) is 44.8 Å². The molecule has 0 aromatic carbocycles. The summed E-state index contributed by atoms with van der Waals surface area (Å²) in [6.07, 6.45) is 7.30. The van der Waals surface area contributed by atoms with E-state index in [1.807, 2.05) is 0 Å². The normalized spacial score (nSPS) is 28.5. The minimum atomic E-state index is 0.841. The molecule has 0 aromatic heterocycles. The van der Waals surface area contributed by atoms with E-state index in [-0.39, 0.29) is 0 Å². The molecule has 1 saturated carbocycles. The van der Waals surface area contributed by atoms with Crippen molar-refractivity contribution in [1.82, 2.24) is 10.2 Å². The summed E-state index contributed by atoms with van der Waals surface area (Å²) in [5.74, 6) is 1.09. The van der Waals surface area contributed by atoms with Crippen LogP contribution in [0.3, 0.4) is 0 Å². The third-order valence-electron chi connectivity index (χ3n) is 3.65. The number of rotatable bonds is 6. The summed E-state index contributed by atoms with van der Waals surface area (Å²) in [4.78, 5) is 2.71. The van der Waals surface area contributed by atoms with Crippen molar-refractivity contribution in [3.8, 4) is 0 Å². The van der Waals surface area contributed by atoms with Crippen LogP contribution >= 0.6 is 0 Å². The molecule has 0 amide bonds. The van der Waals surface area contributed by atoms with Crippen LogP contribution in [0.5, 0.6) is 0 Å². The smallest absolute Gasteiger partial charge is 0.0221 e. The highest BCUT2D eigenvalue weighted by Gasteiger charge is 2.27. The maximum Gasteiger partial charge on any atom is 0.0221 e. The van der Waals surface area contributed by atoms with Gasteiger partial charge in [-0.1, -0.05) is 19.8 Å². The van der Waals surface area contributed by atoms with E-state index < -0.39 is 0 Å². The molecule has 0 radical (unpaired) electrons. The molecular weight excluding hydrogens is 172 g/mol. The van der Waals surface area contributed by atoms with E-state index >= 15 is 0 Å². The Hall–Kier alpha value is -0.0800. The summed E-state index contributed by atoms with van der Waals surface area (Å²) in [5.41, 5.74) is 0. The van der Waals surface area contributed by atoms with Crippen LogP contribution in [0.4, 0.5) is 0 Å². The van der Waals surface area contributed by atoms with E-state index in [1.54, 1.807) is 0 Å². The number of nitrogens with zero attached hydrogens (tertiary/aromatic N) is 1. The van der Waals surface area contributed by atoms with Crippen molar-refractivity contribution in [2.24, 2.45) is 5.92 Å². The van der Waals surface area contributed by atoms with Crippen LogP contribution in [-0.2, 0) is 0 Å². The summed E-state index contributed by atoms with van der Waals surface area (Å²) in [6.45, 7) is 7.24. The fraction of sp³-hybridized carbons (Fsp3) is 1.00. The molecule has 0 bridgehead atoms. The molecule has 1 aliphatic heterocycles. The lowest BCUT2D eigenvalue weighted by molar-refractivity contribution is 0.241. The first-order chi connectivity index (χ1) is 6.90. The van der Waals surface area contributed by atoms with Crippen molar-refractivity contribution >= 4 is 0 Å². The zero-order chi connectivity index (χ0) is 9.80. The van der Waals surface area contributed by atoms with E-state index in [2.05, 4.69) is 17.1 Å². The molecule has 14 heavy (non-hydrogen) atoms. The van der Waals surface area contributed by atoms with Crippen LogP contribution in [0.1, 0.15) is 39.0 Å². The summed E-state index contributed by atoms with van der Waals surface area (Å²) in [5, 5.41) is 3.48. The molecule has 1 saturated heterocycles. The Labute approximate surface area is 88.1 Å². The van der Waals surface area contributed by atoms with E-state index in [9.17, 15) is 0 Å². The number of nitrogens with one attached hydrogen (secondary N) is 1. The first-order valence-corrected chi connectivity index (χ1v) is 6.35. The second-order valence-electron chi connectivity index (χ2n) is 4.87. The Kier molecular flexibility index (Phi) is 3.82. The van der Waals surface area contributed by atoms with Gasteiger partial charge in [0.1, 0.15) is 0 Å². The summed E-state index contributed by atoms with van der Waals surface area (Å²) in [6, 6.07) is 0.841.